The fourth-order valence-electron chi connectivity index (χ4n) is 2.88. The van der Waals surface area contributed by atoms with Crippen LogP contribution in [0.5, 0.6) is 0 Å². The zero-order chi connectivity index (χ0) is 20.1. The van der Waals surface area contributed by atoms with Crippen LogP contribution >= 0.6 is 11.6 Å². The summed E-state index contributed by atoms with van der Waals surface area (Å²) in [5, 5.41) is 11.9. The molecule has 0 aliphatic heterocycles. The van der Waals surface area contributed by atoms with Crippen molar-refractivity contribution in [3.63, 3.8) is 0 Å². The van der Waals surface area contributed by atoms with Gasteiger partial charge in [-0.1, -0.05) is 23.7 Å². The van der Waals surface area contributed by atoms with Gasteiger partial charge in [-0.15, -0.1) is 5.10 Å². The molecule has 1 aromatic heterocycles. The maximum Gasteiger partial charge on any atom is 0.254 e. The van der Waals surface area contributed by atoms with Crippen molar-refractivity contribution < 1.29 is 4.79 Å². The molecule has 0 radical (unpaired) electrons. The first-order valence-electron chi connectivity index (χ1n) is 8.96. The molecule has 0 N–H and O–H groups in total. The third-order valence-corrected chi connectivity index (χ3v) is 4.68. The second-order valence-corrected chi connectivity index (χ2v) is 7.35. The number of aromatic nitrogens is 4. The standard InChI is InChI=1S/C20H23ClN6O/c1-15-12-17(6-9-19(15)27-14-22-23-24-27)20(28)26(11-10-25(2)3)13-16-4-7-18(21)8-5-16/h4-9,12,14H,10-11,13H2,1-3H3. The molecule has 28 heavy (non-hydrogen) atoms. The van der Waals surface area contributed by atoms with E-state index in [-0.39, 0.29) is 5.91 Å². The first kappa shape index (κ1) is 20.0. The number of tetrazole rings is 1. The minimum absolute atomic E-state index is 0.0110. The van der Waals surface area contributed by atoms with E-state index in [0.717, 1.165) is 23.4 Å². The van der Waals surface area contributed by atoms with Crippen molar-refractivity contribution >= 4 is 17.5 Å². The molecule has 146 valence electrons. The van der Waals surface area contributed by atoms with Crippen molar-refractivity contribution in [1.82, 2.24) is 30.0 Å². The molecule has 0 saturated heterocycles. The molecule has 1 heterocycles. The number of benzene rings is 2. The van der Waals surface area contributed by atoms with E-state index in [0.29, 0.717) is 23.7 Å². The molecule has 0 atom stereocenters. The van der Waals surface area contributed by atoms with E-state index >= 15 is 0 Å². The molecule has 3 aromatic rings. The summed E-state index contributed by atoms with van der Waals surface area (Å²) in [7, 11) is 3.99. The van der Waals surface area contributed by atoms with Crippen LogP contribution in [-0.2, 0) is 6.54 Å². The highest BCUT2D eigenvalue weighted by atomic mass is 35.5. The lowest BCUT2D eigenvalue weighted by Crippen LogP contribution is -2.36. The van der Waals surface area contributed by atoms with Gasteiger partial charge in [0.05, 0.1) is 5.69 Å². The number of rotatable bonds is 7. The van der Waals surface area contributed by atoms with Crippen LogP contribution in [0.15, 0.2) is 48.8 Å². The Hall–Kier alpha value is -2.77. The molecule has 0 saturated carbocycles. The molecule has 0 bridgehead atoms. The molecule has 8 heteroatoms. The third kappa shape index (κ3) is 4.94. The lowest BCUT2D eigenvalue weighted by molar-refractivity contribution is 0.0732. The summed E-state index contributed by atoms with van der Waals surface area (Å²) in [6.07, 6.45) is 1.54. The normalized spacial score (nSPS) is 11.0. The average Bonchev–Trinajstić information content (AvgIpc) is 3.20. The van der Waals surface area contributed by atoms with Gasteiger partial charge in [0, 0.05) is 30.2 Å². The minimum atomic E-state index is -0.0110. The Labute approximate surface area is 169 Å². The van der Waals surface area contributed by atoms with Crippen LogP contribution in [0.1, 0.15) is 21.5 Å². The van der Waals surface area contributed by atoms with Crippen LogP contribution in [0, 0.1) is 6.92 Å². The van der Waals surface area contributed by atoms with E-state index in [4.69, 9.17) is 11.6 Å². The molecule has 3 rings (SSSR count). The van der Waals surface area contributed by atoms with Crippen molar-refractivity contribution in [1.29, 1.82) is 0 Å². The molecule has 0 fully saturated rings. The molecule has 1 amide bonds. The lowest BCUT2D eigenvalue weighted by Gasteiger charge is -2.25. The Balaban J connectivity index is 1.83. The summed E-state index contributed by atoms with van der Waals surface area (Å²) in [5.41, 5.74) is 3.46. The van der Waals surface area contributed by atoms with E-state index in [9.17, 15) is 4.79 Å². The average molecular weight is 399 g/mol. The molecular formula is C20H23ClN6O. The summed E-state index contributed by atoms with van der Waals surface area (Å²) >= 11 is 5.98. The number of hydrogen-bond acceptors (Lipinski definition) is 5. The van der Waals surface area contributed by atoms with Gasteiger partial charge in [-0.3, -0.25) is 4.79 Å². The SMILES string of the molecule is Cc1cc(C(=O)N(CCN(C)C)Cc2ccc(Cl)cc2)ccc1-n1cnnn1. The van der Waals surface area contributed by atoms with E-state index in [1.54, 1.807) is 4.68 Å². The van der Waals surface area contributed by atoms with E-state index in [2.05, 4.69) is 20.4 Å². The summed E-state index contributed by atoms with van der Waals surface area (Å²) in [5.74, 6) is -0.0110. The van der Waals surface area contributed by atoms with Crippen molar-refractivity contribution in [3.8, 4) is 5.69 Å². The highest BCUT2D eigenvalue weighted by molar-refractivity contribution is 6.30. The molecule has 0 spiro atoms. The van der Waals surface area contributed by atoms with E-state index < -0.39 is 0 Å². The van der Waals surface area contributed by atoms with Crippen LogP contribution < -0.4 is 0 Å². The highest BCUT2D eigenvalue weighted by Gasteiger charge is 2.18. The number of carbonyl (C=O) groups excluding carboxylic acids is 1. The Morgan fingerprint density at radius 2 is 1.86 bits per heavy atom. The smallest absolute Gasteiger partial charge is 0.254 e. The van der Waals surface area contributed by atoms with Crippen LogP contribution in [0.25, 0.3) is 5.69 Å². The van der Waals surface area contributed by atoms with Gasteiger partial charge in [0.25, 0.3) is 5.91 Å². The van der Waals surface area contributed by atoms with Gasteiger partial charge < -0.3 is 9.80 Å². The van der Waals surface area contributed by atoms with Gasteiger partial charge in [0.1, 0.15) is 6.33 Å². The Kier molecular flexibility index (Phi) is 6.38. The first-order chi connectivity index (χ1) is 13.4. The van der Waals surface area contributed by atoms with E-state index in [1.165, 1.54) is 6.33 Å². The van der Waals surface area contributed by atoms with Gasteiger partial charge in [-0.25, -0.2) is 4.68 Å². The number of aryl methyl sites for hydroxylation is 1. The number of halogens is 1. The summed E-state index contributed by atoms with van der Waals surface area (Å²) in [6, 6.07) is 13.1. The van der Waals surface area contributed by atoms with Crippen LogP contribution in [-0.4, -0.2) is 63.1 Å². The fraction of sp³-hybridized carbons (Fsp3) is 0.300. The topological polar surface area (TPSA) is 67.2 Å². The maximum atomic E-state index is 13.2. The molecule has 0 aliphatic rings. The van der Waals surface area contributed by atoms with Gasteiger partial charge in [0.15, 0.2) is 0 Å². The zero-order valence-corrected chi connectivity index (χ0v) is 17.0. The molecule has 0 unspecified atom stereocenters. The Bertz CT molecular complexity index is 924. The quantitative estimate of drug-likeness (QED) is 0.612. The summed E-state index contributed by atoms with van der Waals surface area (Å²) in [4.78, 5) is 17.1. The predicted molar refractivity (Wildman–Crippen MR) is 109 cm³/mol. The lowest BCUT2D eigenvalue weighted by atomic mass is 10.1. The van der Waals surface area contributed by atoms with Crippen molar-refractivity contribution in [2.45, 2.75) is 13.5 Å². The van der Waals surface area contributed by atoms with Crippen molar-refractivity contribution in [2.24, 2.45) is 0 Å². The molecule has 2 aromatic carbocycles. The van der Waals surface area contributed by atoms with Gasteiger partial charge >= 0.3 is 0 Å². The number of likely N-dealkylation sites (N-methyl/N-ethyl adjacent to an activating group) is 1. The largest absolute Gasteiger partial charge is 0.333 e. The molecule has 7 nitrogen and oxygen atoms in total. The number of nitrogens with zero attached hydrogens (tertiary/aromatic N) is 6. The maximum absolute atomic E-state index is 13.2. The molecule has 0 aliphatic carbocycles. The first-order valence-corrected chi connectivity index (χ1v) is 9.34. The zero-order valence-electron chi connectivity index (χ0n) is 16.2. The van der Waals surface area contributed by atoms with Crippen LogP contribution in [0.2, 0.25) is 5.02 Å². The number of hydrogen-bond donors (Lipinski definition) is 0. The molecular weight excluding hydrogens is 376 g/mol. The van der Waals surface area contributed by atoms with Crippen molar-refractivity contribution in [2.75, 3.05) is 27.2 Å². The van der Waals surface area contributed by atoms with Gasteiger partial charge in [0.2, 0.25) is 0 Å². The fourth-order valence-corrected chi connectivity index (χ4v) is 3.01. The second kappa shape index (κ2) is 8.95. The Morgan fingerprint density at radius 3 is 2.46 bits per heavy atom. The van der Waals surface area contributed by atoms with Crippen LogP contribution in [0.4, 0.5) is 0 Å². The predicted octanol–water partition coefficient (Wildman–Crippen LogP) is 2.83. The Morgan fingerprint density at radius 1 is 1.11 bits per heavy atom. The summed E-state index contributed by atoms with van der Waals surface area (Å²) in [6.45, 7) is 3.87. The van der Waals surface area contributed by atoms with E-state index in [1.807, 2.05) is 68.4 Å². The number of amides is 1. The summed E-state index contributed by atoms with van der Waals surface area (Å²) < 4.78 is 1.58. The van der Waals surface area contributed by atoms with Gasteiger partial charge in [-0.05, 0) is 72.9 Å². The van der Waals surface area contributed by atoms with Gasteiger partial charge in [-0.2, -0.15) is 0 Å². The van der Waals surface area contributed by atoms with Crippen molar-refractivity contribution in [3.05, 3.63) is 70.5 Å². The monoisotopic (exact) mass is 398 g/mol. The third-order valence-electron chi connectivity index (χ3n) is 4.43. The minimum Gasteiger partial charge on any atom is -0.333 e. The highest BCUT2D eigenvalue weighted by Crippen LogP contribution is 2.18. The number of carbonyl (C=O) groups is 1. The van der Waals surface area contributed by atoms with Crippen LogP contribution in [0.3, 0.4) is 0 Å². The second-order valence-electron chi connectivity index (χ2n) is 6.91.